The summed E-state index contributed by atoms with van der Waals surface area (Å²) in [6, 6.07) is 13.6. The Labute approximate surface area is 153 Å². The average molecular weight is 383 g/mol. The van der Waals surface area contributed by atoms with Crippen LogP contribution in [0.4, 0.5) is 5.69 Å². The summed E-state index contributed by atoms with van der Waals surface area (Å²) in [7, 11) is -3.73. The quantitative estimate of drug-likeness (QED) is 0.776. The van der Waals surface area contributed by atoms with Crippen molar-refractivity contribution >= 4 is 44.6 Å². The molecule has 0 atom stereocenters. The summed E-state index contributed by atoms with van der Waals surface area (Å²) in [5.41, 5.74) is 1.67. The fourth-order valence-corrected chi connectivity index (χ4v) is 3.49. The molecule has 2 rings (SSSR count). The zero-order chi connectivity index (χ0) is 18.0. The maximum absolute atomic E-state index is 12.4. The lowest BCUT2D eigenvalue weighted by Crippen LogP contribution is -2.34. The van der Waals surface area contributed by atoms with Gasteiger partial charge in [-0.15, -0.1) is 0 Å². The van der Waals surface area contributed by atoms with Crippen LogP contribution in [0.15, 0.2) is 53.4 Å². The number of rotatable bonds is 3. The van der Waals surface area contributed by atoms with Gasteiger partial charge in [0.25, 0.3) is 10.0 Å². The van der Waals surface area contributed by atoms with E-state index in [1.165, 1.54) is 0 Å². The summed E-state index contributed by atoms with van der Waals surface area (Å²) in [5.74, 6) is 0. The van der Waals surface area contributed by atoms with Gasteiger partial charge < -0.3 is 5.32 Å². The molecule has 4 nitrogen and oxygen atoms in total. The van der Waals surface area contributed by atoms with Gasteiger partial charge in [-0.2, -0.15) is 0 Å². The molecule has 0 bridgehead atoms. The van der Waals surface area contributed by atoms with E-state index in [-0.39, 0.29) is 15.4 Å². The fourth-order valence-electron chi connectivity index (χ4n) is 2.00. The number of hydrogen-bond acceptors (Lipinski definition) is 3. The van der Waals surface area contributed by atoms with Crippen LogP contribution < -0.4 is 10.0 Å². The lowest BCUT2D eigenvalue weighted by molar-refractivity contribution is 0.585. The van der Waals surface area contributed by atoms with Gasteiger partial charge in [-0.1, -0.05) is 44.5 Å². The second-order valence-electron chi connectivity index (χ2n) is 6.34. The molecule has 0 fully saturated rings. The van der Waals surface area contributed by atoms with Crippen molar-refractivity contribution in [2.24, 2.45) is 0 Å². The van der Waals surface area contributed by atoms with Crippen LogP contribution in [-0.4, -0.2) is 13.5 Å². The Morgan fingerprint density at radius 3 is 2.04 bits per heavy atom. The standard InChI is InChI=1S/C17H19ClN2O2S2/c1-17(2,3)12-4-10-15(11-5-12)24(21,22)20-16(23)19-14-8-6-13(18)7-9-14/h4-11H,1-3H3,(H2,19,20,23). The topological polar surface area (TPSA) is 58.2 Å². The Bertz CT molecular complexity index is 824. The fraction of sp³-hybridized carbons (Fsp3) is 0.235. The molecule has 0 saturated carbocycles. The van der Waals surface area contributed by atoms with Crippen LogP contribution in [0.2, 0.25) is 5.02 Å². The van der Waals surface area contributed by atoms with Gasteiger partial charge >= 0.3 is 0 Å². The predicted molar refractivity (Wildman–Crippen MR) is 103 cm³/mol. The molecule has 2 N–H and O–H groups in total. The number of halogens is 1. The molecule has 0 amide bonds. The number of hydrogen-bond donors (Lipinski definition) is 2. The molecule has 0 aliphatic heterocycles. The monoisotopic (exact) mass is 382 g/mol. The Morgan fingerprint density at radius 1 is 1.00 bits per heavy atom. The van der Waals surface area contributed by atoms with Gasteiger partial charge in [0, 0.05) is 10.7 Å². The zero-order valence-electron chi connectivity index (χ0n) is 13.6. The van der Waals surface area contributed by atoms with Crippen molar-refractivity contribution in [3.63, 3.8) is 0 Å². The van der Waals surface area contributed by atoms with Gasteiger partial charge in [0.15, 0.2) is 5.11 Å². The molecule has 24 heavy (non-hydrogen) atoms. The summed E-state index contributed by atoms with van der Waals surface area (Å²) in [6.45, 7) is 6.21. The maximum atomic E-state index is 12.4. The first-order valence-electron chi connectivity index (χ1n) is 7.28. The van der Waals surface area contributed by atoms with Crippen molar-refractivity contribution in [3.05, 3.63) is 59.1 Å². The third kappa shape index (κ3) is 4.93. The van der Waals surface area contributed by atoms with E-state index < -0.39 is 10.0 Å². The van der Waals surface area contributed by atoms with Gasteiger partial charge in [-0.05, 0) is 59.6 Å². The minimum absolute atomic E-state index is 0.00257. The van der Waals surface area contributed by atoms with Crippen LogP contribution >= 0.6 is 23.8 Å². The van der Waals surface area contributed by atoms with Crippen molar-refractivity contribution in [2.75, 3.05) is 5.32 Å². The number of sulfonamides is 1. The Morgan fingerprint density at radius 2 is 1.54 bits per heavy atom. The highest BCUT2D eigenvalue weighted by Gasteiger charge is 2.18. The second-order valence-corrected chi connectivity index (χ2v) is 8.87. The summed E-state index contributed by atoms with van der Waals surface area (Å²) in [5, 5.41) is 3.40. The van der Waals surface area contributed by atoms with Crippen molar-refractivity contribution in [1.82, 2.24) is 4.72 Å². The molecule has 0 saturated heterocycles. The van der Waals surface area contributed by atoms with Crippen LogP contribution in [0.25, 0.3) is 0 Å². The van der Waals surface area contributed by atoms with E-state index in [0.29, 0.717) is 10.7 Å². The van der Waals surface area contributed by atoms with E-state index in [1.807, 2.05) is 12.1 Å². The van der Waals surface area contributed by atoms with Crippen LogP contribution in [0.1, 0.15) is 26.3 Å². The van der Waals surface area contributed by atoms with E-state index in [4.69, 9.17) is 23.8 Å². The Kier molecular flexibility index (Phi) is 5.52. The molecular formula is C17H19ClN2O2S2. The highest BCUT2D eigenvalue weighted by Crippen LogP contribution is 2.23. The van der Waals surface area contributed by atoms with E-state index in [1.54, 1.807) is 36.4 Å². The lowest BCUT2D eigenvalue weighted by atomic mass is 9.87. The first-order valence-corrected chi connectivity index (χ1v) is 9.55. The highest BCUT2D eigenvalue weighted by molar-refractivity contribution is 7.92. The number of anilines is 1. The van der Waals surface area contributed by atoms with E-state index >= 15 is 0 Å². The van der Waals surface area contributed by atoms with Crippen molar-refractivity contribution in [1.29, 1.82) is 0 Å². The molecule has 128 valence electrons. The molecular weight excluding hydrogens is 364 g/mol. The van der Waals surface area contributed by atoms with Crippen molar-refractivity contribution < 1.29 is 8.42 Å². The largest absolute Gasteiger partial charge is 0.332 e. The highest BCUT2D eigenvalue weighted by atomic mass is 35.5. The van der Waals surface area contributed by atoms with Crippen LogP contribution in [-0.2, 0) is 15.4 Å². The molecule has 7 heteroatoms. The smallest absolute Gasteiger partial charge is 0.263 e. The van der Waals surface area contributed by atoms with Crippen LogP contribution in [0.5, 0.6) is 0 Å². The zero-order valence-corrected chi connectivity index (χ0v) is 16.0. The Balaban J connectivity index is 2.10. The molecule has 0 unspecified atom stereocenters. The third-order valence-electron chi connectivity index (χ3n) is 3.36. The van der Waals surface area contributed by atoms with Gasteiger partial charge in [0.05, 0.1) is 4.90 Å². The van der Waals surface area contributed by atoms with Gasteiger partial charge in [-0.3, -0.25) is 4.72 Å². The summed E-state index contributed by atoms with van der Waals surface area (Å²) >= 11 is 10.9. The Hall–Kier alpha value is -1.63. The summed E-state index contributed by atoms with van der Waals surface area (Å²) in [4.78, 5) is 0.163. The van der Waals surface area contributed by atoms with E-state index in [2.05, 4.69) is 30.8 Å². The average Bonchev–Trinajstić information content (AvgIpc) is 2.48. The van der Waals surface area contributed by atoms with Gasteiger partial charge in [0.1, 0.15) is 0 Å². The van der Waals surface area contributed by atoms with Crippen molar-refractivity contribution in [3.8, 4) is 0 Å². The van der Waals surface area contributed by atoms with Gasteiger partial charge in [-0.25, -0.2) is 8.42 Å². The molecule has 0 radical (unpaired) electrons. The predicted octanol–water partition coefficient (Wildman–Crippen LogP) is 4.31. The maximum Gasteiger partial charge on any atom is 0.263 e. The molecule has 0 aliphatic rings. The number of benzene rings is 2. The molecule has 0 aliphatic carbocycles. The minimum atomic E-state index is -3.73. The normalized spacial score (nSPS) is 11.8. The van der Waals surface area contributed by atoms with Crippen molar-refractivity contribution in [2.45, 2.75) is 31.1 Å². The first-order chi connectivity index (χ1) is 11.1. The number of nitrogens with one attached hydrogen (secondary N) is 2. The van der Waals surface area contributed by atoms with Gasteiger partial charge in [0.2, 0.25) is 0 Å². The van der Waals surface area contributed by atoms with E-state index in [9.17, 15) is 8.42 Å². The molecule has 0 spiro atoms. The first kappa shape index (κ1) is 18.7. The minimum Gasteiger partial charge on any atom is -0.332 e. The van der Waals surface area contributed by atoms with E-state index in [0.717, 1.165) is 5.56 Å². The van der Waals surface area contributed by atoms with Crippen LogP contribution in [0, 0.1) is 0 Å². The SMILES string of the molecule is CC(C)(C)c1ccc(S(=O)(=O)NC(=S)Nc2ccc(Cl)cc2)cc1. The van der Waals surface area contributed by atoms with Crippen LogP contribution in [0.3, 0.4) is 0 Å². The second kappa shape index (κ2) is 7.09. The number of thiocarbonyl (C=S) groups is 1. The molecule has 0 heterocycles. The summed E-state index contributed by atoms with van der Waals surface area (Å²) < 4.78 is 27.1. The third-order valence-corrected chi connectivity index (χ3v) is 5.31. The molecule has 2 aromatic carbocycles. The summed E-state index contributed by atoms with van der Waals surface area (Å²) in [6.07, 6.45) is 0. The lowest BCUT2D eigenvalue weighted by Gasteiger charge is -2.19. The molecule has 0 aromatic heterocycles. The molecule has 2 aromatic rings.